The number of carbonyl (C=O) groups excluding carboxylic acids is 1. The Hall–Kier alpha value is -2.08. The van der Waals surface area contributed by atoms with E-state index in [-0.39, 0.29) is 24.5 Å². The molecule has 124 valence electrons. The lowest BCUT2D eigenvalue weighted by Crippen LogP contribution is -2.41. The van der Waals surface area contributed by atoms with E-state index >= 15 is 0 Å². The predicted molar refractivity (Wildman–Crippen MR) is 87.5 cm³/mol. The molecule has 2 aromatic rings. The highest BCUT2D eigenvalue weighted by atomic mass is 16.3. The molecule has 2 atom stereocenters. The van der Waals surface area contributed by atoms with Crippen molar-refractivity contribution in [3.63, 3.8) is 0 Å². The Morgan fingerprint density at radius 3 is 2.78 bits per heavy atom. The van der Waals surface area contributed by atoms with Crippen LogP contribution in [0, 0.1) is 5.92 Å². The first-order chi connectivity index (χ1) is 11.2. The smallest absolute Gasteiger partial charge is 0.256 e. The zero-order chi connectivity index (χ0) is 16.2. The van der Waals surface area contributed by atoms with Gasteiger partial charge in [-0.1, -0.05) is 19.3 Å². The van der Waals surface area contributed by atoms with Gasteiger partial charge < -0.3 is 15.0 Å². The minimum Gasteiger partial charge on any atom is -0.396 e. The summed E-state index contributed by atoms with van der Waals surface area (Å²) in [6, 6.07) is 3.87. The minimum atomic E-state index is -0.118. The molecular weight excluding hydrogens is 292 g/mol. The monoisotopic (exact) mass is 316 g/mol. The highest BCUT2D eigenvalue weighted by Gasteiger charge is 2.26. The van der Waals surface area contributed by atoms with Crippen molar-refractivity contribution in [2.75, 3.05) is 6.61 Å². The van der Waals surface area contributed by atoms with Crippen LogP contribution >= 0.6 is 0 Å². The van der Waals surface area contributed by atoms with E-state index in [1.54, 1.807) is 10.9 Å². The zero-order valence-electron chi connectivity index (χ0n) is 13.5. The number of aliphatic hydroxyl groups excluding tert-OH is 1. The molecule has 2 unspecified atom stereocenters. The number of carbonyl (C=O) groups is 1. The second-order valence-corrected chi connectivity index (χ2v) is 6.26. The van der Waals surface area contributed by atoms with Gasteiger partial charge in [-0.3, -0.25) is 9.48 Å². The third-order valence-electron chi connectivity index (χ3n) is 4.71. The molecule has 6 nitrogen and oxygen atoms in total. The molecule has 2 heterocycles. The summed E-state index contributed by atoms with van der Waals surface area (Å²) in [5.74, 6) is 0.780. The van der Waals surface area contributed by atoms with Crippen LogP contribution in [0.15, 0.2) is 30.7 Å². The van der Waals surface area contributed by atoms with E-state index in [2.05, 4.69) is 10.4 Å². The summed E-state index contributed by atoms with van der Waals surface area (Å²) < 4.78 is 3.59. The topological polar surface area (TPSA) is 72.1 Å². The summed E-state index contributed by atoms with van der Waals surface area (Å²) in [6.07, 6.45) is 10.7. The van der Waals surface area contributed by atoms with Crippen LogP contribution in [0.25, 0.3) is 5.82 Å². The molecule has 0 saturated heterocycles. The van der Waals surface area contributed by atoms with Crippen molar-refractivity contribution in [2.45, 2.75) is 38.1 Å². The van der Waals surface area contributed by atoms with Crippen LogP contribution in [0.1, 0.15) is 42.5 Å². The van der Waals surface area contributed by atoms with E-state index < -0.39 is 0 Å². The van der Waals surface area contributed by atoms with E-state index in [9.17, 15) is 9.90 Å². The molecule has 2 N–H and O–H groups in total. The molecule has 1 saturated carbocycles. The van der Waals surface area contributed by atoms with Gasteiger partial charge in [0.2, 0.25) is 0 Å². The number of aromatic nitrogens is 3. The van der Waals surface area contributed by atoms with E-state index in [1.165, 1.54) is 6.42 Å². The van der Waals surface area contributed by atoms with Crippen molar-refractivity contribution < 1.29 is 9.90 Å². The standard InChI is InChI=1S/C17H24N4O2/c1-20-17(21-9-5-6-10-21)14(11-18-20)16(23)19-15-8-4-2-3-7-13(15)12-22/h5-6,9-11,13,15,22H,2-4,7-8,12H2,1H3,(H,19,23). The molecule has 3 rings (SSSR count). The van der Waals surface area contributed by atoms with E-state index in [1.807, 2.05) is 36.1 Å². The first kappa shape index (κ1) is 15.8. The molecule has 1 aliphatic carbocycles. The fraction of sp³-hybridized carbons (Fsp3) is 0.529. The Kier molecular flexibility index (Phi) is 4.81. The van der Waals surface area contributed by atoms with Crippen molar-refractivity contribution in [3.05, 3.63) is 36.3 Å². The van der Waals surface area contributed by atoms with Crippen LogP contribution in [0.5, 0.6) is 0 Å². The molecule has 0 aromatic carbocycles. The first-order valence-electron chi connectivity index (χ1n) is 8.27. The lowest BCUT2D eigenvalue weighted by Gasteiger charge is -2.24. The predicted octanol–water partition coefficient (Wildman–Crippen LogP) is 1.88. The number of hydrogen-bond donors (Lipinski definition) is 2. The van der Waals surface area contributed by atoms with Gasteiger partial charge in [-0.25, -0.2) is 0 Å². The summed E-state index contributed by atoms with van der Waals surface area (Å²) >= 11 is 0. The second-order valence-electron chi connectivity index (χ2n) is 6.26. The number of hydrogen-bond acceptors (Lipinski definition) is 3. The van der Waals surface area contributed by atoms with E-state index in [4.69, 9.17) is 0 Å². The van der Waals surface area contributed by atoms with Crippen molar-refractivity contribution >= 4 is 5.91 Å². The minimum absolute atomic E-state index is 0.0349. The highest BCUT2D eigenvalue weighted by Crippen LogP contribution is 2.24. The van der Waals surface area contributed by atoms with Gasteiger partial charge in [0.15, 0.2) is 0 Å². The molecule has 0 spiro atoms. The molecule has 0 bridgehead atoms. The third kappa shape index (κ3) is 3.32. The summed E-state index contributed by atoms with van der Waals surface area (Å²) in [4.78, 5) is 12.8. The molecule has 23 heavy (non-hydrogen) atoms. The number of rotatable bonds is 4. The van der Waals surface area contributed by atoms with Crippen LogP contribution in [0.2, 0.25) is 0 Å². The lowest BCUT2D eigenvalue weighted by molar-refractivity contribution is 0.0899. The quantitative estimate of drug-likeness (QED) is 0.846. The van der Waals surface area contributed by atoms with Crippen molar-refractivity contribution in [1.82, 2.24) is 19.7 Å². The molecule has 1 fully saturated rings. The number of nitrogens with zero attached hydrogens (tertiary/aromatic N) is 3. The van der Waals surface area contributed by atoms with Gasteiger partial charge in [0.25, 0.3) is 5.91 Å². The summed E-state index contributed by atoms with van der Waals surface area (Å²) in [6.45, 7) is 0.127. The first-order valence-corrected chi connectivity index (χ1v) is 8.27. The van der Waals surface area contributed by atoms with E-state index in [0.717, 1.165) is 31.5 Å². The number of amides is 1. The van der Waals surface area contributed by atoms with Crippen molar-refractivity contribution in [3.8, 4) is 5.82 Å². The van der Waals surface area contributed by atoms with Gasteiger partial charge in [0, 0.05) is 38.0 Å². The summed E-state index contributed by atoms with van der Waals surface area (Å²) in [7, 11) is 1.83. The van der Waals surface area contributed by atoms with Gasteiger partial charge in [-0.2, -0.15) is 5.10 Å². The second kappa shape index (κ2) is 7.00. The Bertz CT molecular complexity index is 648. The molecule has 1 aliphatic rings. The maximum atomic E-state index is 12.8. The van der Waals surface area contributed by atoms with Gasteiger partial charge in [0.1, 0.15) is 11.4 Å². The molecule has 1 amide bonds. The number of nitrogens with one attached hydrogen (secondary N) is 1. The fourth-order valence-electron chi connectivity index (χ4n) is 3.41. The van der Waals surface area contributed by atoms with Crippen LogP contribution in [-0.4, -0.2) is 38.0 Å². The van der Waals surface area contributed by atoms with Gasteiger partial charge in [0.05, 0.1) is 6.20 Å². The van der Waals surface area contributed by atoms with Crippen LogP contribution in [0.4, 0.5) is 0 Å². The Morgan fingerprint density at radius 1 is 1.30 bits per heavy atom. The Morgan fingerprint density at radius 2 is 2.04 bits per heavy atom. The summed E-state index contributed by atoms with van der Waals surface area (Å²) in [5.41, 5.74) is 0.560. The normalized spacial score (nSPS) is 21.8. The Labute approximate surface area is 136 Å². The average molecular weight is 316 g/mol. The molecule has 2 aromatic heterocycles. The third-order valence-corrected chi connectivity index (χ3v) is 4.71. The van der Waals surface area contributed by atoms with Crippen LogP contribution in [0.3, 0.4) is 0 Å². The maximum absolute atomic E-state index is 12.8. The fourth-order valence-corrected chi connectivity index (χ4v) is 3.41. The SMILES string of the molecule is Cn1ncc(C(=O)NC2CCCCCC2CO)c1-n1cccc1. The Balaban J connectivity index is 1.81. The van der Waals surface area contributed by atoms with Crippen LogP contribution < -0.4 is 5.32 Å². The molecule has 0 radical (unpaired) electrons. The average Bonchev–Trinajstić information content (AvgIpc) is 3.13. The molecular formula is C17H24N4O2. The molecule has 6 heteroatoms. The molecule has 0 aliphatic heterocycles. The van der Waals surface area contributed by atoms with Crippen LogP contribution in [-0.2, 0) is 7.05 Å². The van der Waals surface area contributed by atoms with Gasteiger partial charge in [-0.05, 0) is 25.0 Å². The van der Waals surface area contributed by atoms with Gasteiger partial charge in [-0.15, -0.1) is 0 Å². The maximum Gasteiger partial charge on any atom is 0.256 e. The highest BCUT2D eigenvalue weighted by molar-refractivity contribution is 5.97. The van der Waals surface area contributed by atoms with Crippen molar-refractivity contribution in [2.24, 2.45) is 13.0 Å². The zero-order valence-corrected chi connectivity index (χ0v) is 13.5. The largest absolute Gasteiger partial charge is 0.396 e. The number of aryl methyl sites for hydroxylation is 1. The van der Waals surface area contributed by atoms with Gasteiger partial charge >= 0.3 is 0 Å². The van der Waals surface area contributed by atoms with Crippen molar-refractivity contribution in [1.29, 1.82) is 0 Å². The number of aliphatic hydroxyl groups is 1. The van der Waals surface area contributed by atoms with E-state index in [0.29, 0.717) is 5.56 Å². The summed E-state index contributed by atoms with van der Waals surface area (Å²) in [5, 5.41) is 17.0. The lowest BCUT2D eigenvalue weighted by atomic mass is 9.95.